The molecule has 0 radical (unpaired) electrons. The summed E-state index contributed by atoms with van der Waals surface area (Å²) < 4.78 is 5.61. The summed E-state index contributed by atoms with van der Waals surface area (Å²) in [5.74, 6) is 0.521. The Morgan fingerprint density at radius 3 is 2.95 bits per heavy atom. The number of nitrogens with zero attached hydrogens (tertiary/aromatic N) is 1. The molecule has 2 heterocycles. The van der Waals surface area contributed by atoms with E-state index in [0.29, 0.717) is 5.92 Å². The number of pyridine rings is 1. The van der Waals surface area contributed by atoms with Crippen molar-refractivity contribution in [1.82, 2.24) is 10.3 Å². The monoisotopic (exact) mass is 256 g/mol. The maximum atomic E-state index is 5.61. The minimum absolute atomic E-state index is 0.282. The fourth-order valence-corrected chi connectivity index (χ4v) is 2.91. The maximum Gasteiger partial charge on any atom is 0.0706 e. The molecular weight excluding hydrogens is 236 g/mol. The zero-order valence-electron chi connectivity index (χ0n) is 11.3. The molecule has 1 aliphatic heterocycles. The number of ether oxygens (including phenoxy) is 1. The Hall–Kier alpha value is -1.45. The van der Waals surface area contributed by atoms with Gasteiger partial charge in [-0.2, -0.15) is 0 Å². The summed E-state index contributed by atoms with van der Waals surface area (Å²) in [5, 5.41) is 4.61. The fourth-order valence-electron chi connectivity index (χ4n) is 2.91. The lowest BCUT2D eigenvalue weighted by atomic mass is 9.91. The van der Waals surface area contributed by atoms with Crippen molar-refractivity contribution in [3.05, 3.63) is 42.1 Å². The largest absolute Gasteiger partial charge is 0.381 e. The molecular formula is C16H20N2O. The molecule has 100 valence electrons. The highest BCUT2D eigenvalue weighted by atomic mass is 16.5. The minimum Gasteiger partial charge on any atom is -0.381 e. The molecule has 2 atom stereocenters. The van der Waals surface area contributed by atoms with Crippen molar-refractivity contribution in [2.75, 3.05) is 20.3 Å². The lowest BCUT2D eigenvalue weighted by Gasteiger charge is -2.29. The second-order valence-electron chi connectivity index (χ2n) is 5.17. The van der Waals surface area contributed by atoms with Crippen molar-refractivity contribution >= 4 is 10.9 Å². The lowest BCUT2D eigenvalue weighted by Crippen LogP contribution is -2.32. The number of para-hydroxylation sites is 1. The number of hydrogen-bond acceptors (Lipinski definition) is 3. The average Bonchev–Trinajstić information content (AvgIpc) is 2.49. The molecule has 0 aliphatic carbocycles. The van der Waals surface area contributed by atoms with E-state index >= 15 is 0 Å². The van der Waals surface area contributed by atoms with Gasteiger partial charge in [0.05, 0.1) is 23.9 Å². The number of benzene rings is 1. The fraction of sp³-hybridized carbons (Fsp3) is 0.438. The Morgan fingerprint density at radius 2 is 2.16 bits per heavy atom. The molecule has 3 rings (SSSR count). The van der Waals surface area contributed by atoms with Gasteiger partial charge in [-0.25, -0.2) is 0 Å². The van der Waals surface area contributed by atoms with Gasteiger partial charge >= 0.3 is 0 Å². The summed E-state index contributed by atoms with van der Waals surface area (Å²) in [7, 11) is 2.01. The highest BCUT2D eigenvalue weighted by molar-refractivity contribution is 5.78. The summed E-state index contributed by atoms with van der Waals surface area (Å²) in [6.07, 6.45) is 2.36. The van der Waals surface area contributed by atoms with Gasteiger partial charge in [-0.1, -0.05) is 24.3 Å². The molecule has 1 saturated heterocycles. The number of fused-ring (bicyclic) bond motifs is 1. The minimum atomic E-state index is 0.282. The molecule has 0 saturated carbocycles. The van der Waals surface area contributed by atoms with Crippen molar-refractivity contribution in [3.8, 4) is 0 Å². The number of aromatic nitrogens is 1. The molecule has 19 heavy (non-hydrogen) atoms. The van der Waals surface area contributed by atoms with Crippen LogP contribution in [0.3, 0.4) is 0 Å². The van der Waals surface area contributed by atoms with Gasteiger partial charge in [-0.3, -0.25) is 4.98 Å². The molecule has 3 heteroatoms. The third-order valence-corrected chi connectivity index (χ3v) is 3.92. The third kappa shape index (κ3) is 2.62. The van der Waals surface area contributed by atoms with Crippen LogP contribution in [0.2, 0.25) is 0 Å². The van der Waals surface area contributed by atoms with E-state index in [1.54, 1.807) is 0 Å². The van der Waals surface area contributed by atoms with E-state index in [-0.39, 0.29) is 6.04 Å². The zero-order chi connectivity index (χ0) is 13.1. The van der Waals surface area contributed by atoms with Crippen LogP contribution < -0.4 is 5.32 Å². The molecule has 1 aromatic heterocycles. The molecule has 1 fully saturated rings. The van der Waals surface area contributed by atoms with Crippen molar-refractivity contribution < 1.29 is 4.74 Å². The first-order valence-electron chi connectivity index (χ1n) is 6.99. The molecule has 0 amide bonds. The number of nitrogens with one attached hydrogen (secondary N) is 1. The molecule has 1 N–H and O–H groups in total. The Bertz CT molecular complexity index is 549. The van der Waals surface area contributed by atoms with Gasteiger partial charge in [-0.05, 0) is 32.0 Å². The van der Waals surface area contributed by atoms with Crippen molar-refractivity contribution in [2.24, 2.45) is 5.92 Å². The molecule has 0 bridgehead atoms. The Morgan fingerprint density at radius 1 is 1.26 bits per heavy atom. The standard InChI is InChI=1S/C16H20N2O/c1-17-16(13-6-4-10-19-11-13)15-9-8-12-5-2-3-7-14(12)18-15/h2-3,5,7-9,13,16-17H,4,6,10-11H2,1H3. The second-order valence-corrected chi connectivity index (χ2v) is 5.17. The molecule has 2 unspecified atom stereocenters. The average molecular weight is 256 g/mol. The van der Waals surface area contributed by atoms with E-state index in [2.05, 4.69) is 29.6 Å². The SMILES string of the molecule is CNC(c1ccc2ccccc2n1)C1CCCOC1. The summed E-state index contributed by atoms with van der Waals surface area (Å²) in [6, 6.07) is 12.8. The van der Waals surface area contributed by atoms with E-state index < -0.39 is 0 Å². The van der Waals surface area contributed by atoms with Crippen LogP contribution in [0.1, 0.15) is 24.6 Å². The van der Waals surface area contributed by atoms with E-state index in [0.717, 1.165) is 30.8 Å². The summed E-state index contributed by atoms with van der Waals surface area (Å²) in [4.78, 5) is 4.80. The maximum absolute atomic E-state index is 5.61. The molecule has 0 spiro atoms. The van der Waals surface area contributed by atoms with Crippen molar-refractivity contribution in [3.63, 3.8) is 0 Å². The molecule has 1 aromatic carbocycles. The molecule has 2 aromatic rings. The van der Waals surface area contributed by atoms with Crippen LogP contribution in [0.15, 0.2) is 36.4 Å². The van der Waals surface area contributed by atoms with Gasteiger partial charge in [0.15, 0.2) is 0 Å². The van der Waals surface area contributed by atoms with Crippen LogP contribution in [0.4, 0.5) is 0 Å². The normalized spacial score (nSPS) is 21.4. The van der Waals surface area contributed by atoms with E-state index in [1.807, 2.05) is 19.2 Å². The van der Waals surface area contributed by atoms with E-state index in [4.69, 9.17) is 9.72 Å². The van der Waals surface area contributed by atoms with Crippen LogP contribution in [-0.2, 0) is 4.74 Å². The zero-order valence-corrected chi connectivity index (χ0v) is 11.3. The smallest absolute Gasteiger partial charge is 0.0706 e. The van der Waals surface area contributed by atoms with Crippen LogP contribution in [0, 0.1) is 5.92 Å². The predicted molar refractivity (Wildman–Crippen MR) is 77.1 cm³/mol. The first-order valence-corrected chi connectivity index (χ1v) is 6.99. The van der Waals surface area contributed by atoms with Crippen molar-refractivity contribution in [1.29, 1.82) is 0 Å². The second kappa shape index (κ2) is 5.68. The van der Waals surface area contributed by atoms with Crippen molar-refractivity contribution in [2.45, 2.75) is 18.9 Å². The quantitative estimate of drug-likeness (QED) is 0.917. The van der Waals surface area contributed by atoms with E-state index in [9.17, 15) is 0 Å². The summed E-state index contributed by atoms with van der Waals surface area (Å²) in [6.45, 7) is 1.73. The first-order chi connectivity index (χ1) is 9.38. The van der Waals surface area contributed by atoms with Gasteiger partial charge in [0.1, 0.15) is 0 Å². The lowest BCUT2D eigenvalue weighted by molar-refractivity contribution is 0.0396. The summed E-state index contributed by atoms with van der Waals surface area (Å²) >= 11 is 0. The number of rotatable bonds is 3. The highest BCUT2D eigenvalue weighted by Crippen LogP contribution is 2.28. The van der Waals surface area contributed by atoms with Crippen LogP contribution in [-0.4, -0.2) is 25.2 Å². The van der Waals surface area contributed by atoms with Crippen LogP contribution in [0.5, 0.6) is 0 Å². The highest BCUT2D eigenvalue weighted by Gasteiger charge is 2.25. The van der Waals surface area contributed by atoms with Gasteiger partial charge in [0.2, 0.25) is 0 Å². The first kappa shape index (κ1) is 12.6. The molecule has 1 aliphatic rings. The third-order valence-electron chi connectivity index (χ3n) is 3.92. The topological polar surface area (TPSA) is 34.2 Å². The number of hydrogen-bond donors (Lipinski definition) is 1. The summed E-state index contributed by atoms with van der Waals surface area (Å²) in [5.41, 5.74) is 2.19. The van der Waals surface area contributed by atoms with Gasteiger partial charge < -0.3 is 10.1 Å². The molecule has 3 nitrogen and oxygen atoms in total. The predicted octanol–water partition coefficient (Wildman–Crippen LogP) is 2.92. The Balaban J connectivity index is 1.91. The van der Waals surface area contributed by atoms with Gasteiger partial charge in [0.25, 0.3) is 0 Å². The van der Waals surface area contributed by atoms with Gasteiger partial charge in [0, 0.05) is 17.9 Å². The van der Waals surface area contributed by atoms with E-state index in [1.165, 1.54) is 11.8 Å². The van der Waals surface area contributed by atoms with Gasteiger partial charge in [-0.15, -0.1) is 0 Å². The Labute approximate surface area is 114 Å². The van der Waals surface area contributed by atoms with Crippen LogP contribution in [0.25, 0.3) is 10.9 Å². The van der Waals surface area contributed by atoms with Crippen LogP contribution >= 0.6 is 0 Å². The Kier molecular flexibility index (Phi) is 3.76.